The number of esters is 1. The van der Waals surface area contributed by atoms with E-state index in [1.54, 1.807) is 58.9 Å². The van der Waals surface area contributed by atoms with Crippen LogP contribution < -0.4 is 32.3 Å². The van der Waals surface area contributed by atoms with Crippen molar-refractivity contribution in [3.05, 3.63) is 42.0 Å². The fraction of sp³-hybridized carbons (Fsp3) is 0.556. The van der Waals surface area contributed by atoms with E-state index in [0.717, 1.165) is 17.1 Å². The molecular weight excluding hydrogens is 754 g/mol. The van der Waals surface area contributed by atoms with Crippen LogP contribution in [0, 0.1) is 11.3 Å². The molecule has 20 heteroatoms. The van der Waals surface area contributed by atoms with Gasteiger partial charge in [-0.3, -0.25) is 43.0 Å². The zero-order valence-corrected chi connectivity index (χ0v) is 33.0. The molecule has 0 fully saturated rings. The molecule has 8 amide bonds. The summed E-state index contributed by atoms with van der Waals surface area (Å²) >= 11 is 0. The molecule has 1 unspecified atom stereocenters. The van der Waals surface area contributed by atoms with Gasteiger partial charge in [-0.25, -0.2) is 4.79 Å². The Kier molecular flexibility index (Phi) is 18.1. The second-order valence-corrected chi connectivity index (χ2v) is 16.1. The van der Waals surface area contributed by atoms with Crippen LogP contribution in [0.25, 0.3) is 0 Å². The number of nitrogens with zero attached hydrogens (tertiary/aromatic N) is 1. The molecule has 1 aliphatic rings. The number of primary amides is 1. The maximum Gasteiger partial charge on any atom is 0.312 e. The summed E-state index contributed by atoms with van der Waals surface area (Å²) in [5.74, 6) is -6.36. The summed E-state index contributed by atoms with van der Waals surface area (Å²) in [6.07, 6.45) is 3.46. The Morgan fingerprint density at radius 3 is 2.02 bits per heavy atom. The Balaban J connectivity index is 2.09. The molecule has 0 saturated carbocycles. The van der Waals surface area contributed by atoms with Gasteiger partial charge in [0.25, 0.3) is 21.9 Å². The number of benzene rings is 1. The highest BCUT2D eigenvalue weighted by atomic mass is 32.2. The van der Waals surface area contributed by atoms with Crippen LogP contribution in [-0.4, -0.2) is 102 Å². The van der Waals surface area contributed by atoms with Crippen molar-refractivity contribution in [2.24, 2.45) is 17.1 Å². The van der Waals surface area contributed by atoms with E-state index in [1.807, 2.05) is 0 Å². The van der Waals surface area contributed by atoms with E-state index >= 15 is 0 Å². The Labute approximate surface area is 326 Å². The van der Waals surface area contributed by atoms with E-state index < -0.39 is 86.8 Å². The first-order chi connectivity index (χ1) is 26.1. The summed E-state index contributed by atoms with van der Waals surface area (Å²) in [5.41, 5.74) is 5.46. The van der Waals surface area contributed by atoms with Gasteiger partial charge in [0.1, 0.15) is 30.5 Å². The minimum Gasteiger partial charge on any atom is -0.460 e. The molecule has 0 bridgehead atoms. The largest absolute Gasteiger partial charge is 0.460 e. The topological polar surface area (TPSA) is 290 Å². The van der Waals surface area contributed by atoms with Gasteiger partial charge in [0.15, 0.2) is 0 Å². The highest BCUT2D eigenvalue weighted by Crippen LogP contribution is 2.18. The number of ether oxygens (including phenoxy) is 1. The van der Waals surface area contributed by atoms with E-state index in [4.69, 9.17) is 10.5 Å². The summed E-state index contributed by atoms with van der Waals surface area (Å²) in [6.45, 7) is 8.57. The van der Waals surface area contributed by atoms with Crippen LogP contribution in [0.3, 0.4) is 0 Å². The maximum absolute atomic E-state index is 13.6. The maximum atomic E-state index is 13.6. The predicted molar refractivity (Wildman–Crippen MR) is 203 cm³/mol. The third-order valence-corrected chi connectivity index (χ3v) is 9.02. The second kappa shape index (κ2) is 21.6. The zero-order valence-electron chi connectivity index (χ0n) is 32.2. The van der Waals surface area contributed by atoms with Gasteiger partial charge >= 0.3 is 12.0 Å². The molecule has 8 N–H and O–H groups in total. The average molecular weight is 808 g/mol. The highest BCUT2D eigenvalue weighted by Gasteiger charge is 2.33. The number of unbranched alkanes of at least 4 members (excludes halogenated alkanes) is 2. The lowest BCUT2D eigenvalue weighted by atomic mass is 9.97. The van der Waals surface area contributed by atoms with E-state index in [-0.39, 0.29) is 51.3 Å². The Morgan fingerprint density at radius 2 is 1.46 bits per heavy atom. The number of imide groups is 1. The van der Waals surface area contributed by atoms with Crippen molar-refractivity contribution >= 4 is 63.2 Å². The molecular formula is C36H53N7O12S. The number of nitrogens with two attached hydrogens (primary N) is 1. The van der Waals surface area contributed by atoms with Gasteiger partial charge in [0.05, 0.1) is 5.41 Å². The van der Waals surface area contributed by atoms with E-state index in [2.05, 4.69) is 26.6 Å². The summed E-state index contributed by atoms with van der Waals surface area (Å²) in [4.78, 5) is 101. The smallest absolute Gasteiger partial charge is 0.312 e. The fourth-order valence-electron chi connectivity index (χ4n) is 5.16. The van der Waals surface area contributed by atoms with Crippen LogP contribution in [0.4, 0.5) is 10.5 Å². The van der Waals surface area contributed by atoms with Crippen molar-refractivity contribution in [2.45, 2.75) is 97.9 Å². The quantitative estimate of drug-likeness (QED) is 0.0368. The van der Waals surface area contributed by atoms with E-state index in [1.165, 1.54) is 0 Å². The van der Waals surface area contributed by atoms with Crippen molar-refractivity contribution in [3.8, 4) is 0 Å². The number of rotatable bonds is 22. The zero-order chi connectivity index (χ0) is 42.2. The molecule has 0 radical (unpaired) electrons. The monoisotopic (exact) mass is 807 g/mol. The molecule has 310 valence electrons. The Hall–Kier alpha value is -5.37. The Morgan fingerprint density at radius 1 is 0.839 bits per heavy atom. The van der Waals surface area contributed by atoms with Crippen molar-refractivity contribution in [1.29, 1.82) is 0 Å². The van der Waals surface area contributed by atoms with Gasteiger partial charge in [0, 0.05) is 37.3 Å². The third-order valence-electron chi connectivity index (χ3n) is 8.27. The van der Waals surface area contributed by atoms with Crippen LogP contribution in [0.5, 0.6) is 0 Å². The third kappa shape index (κ3) is 17.0. The molecule has 0 saturated heterocycles. The predicted octanol–water partition coefficient (Wildman–Crippen LogP) is 0.647. The van der Waals surface area contributed by atoms with Gasteiger partial charge in [-0.15, -0.1) is 0 Å². The Bertz CT molecular complexity index is 1720. The van der Waals surface area contributed by atoms with Crippen LogP contribution >= 0.6 is 0 Å². The first-order valence-corrected chi connectivity index (χ1v) is 19.7. The summed E-state index contributed by atoms with van der Waals surface area (Å²) in [5, 5.41) is 12.4. The molecule has 0 aromatic heterocycles. The minimum atomic E-state index is -4.80. The van der Waals surface area contributed by atoms with Gasteiger partial charge < -0.3 is 37.1 Å². The molecule has 0 aliphatic carbocycles. The van der Waals surface area contributed by atoms with E-state index in [0.29, 0.717) is 24.1 Å². The normalized spacial score (nSPS) is 14.4. The minimum absolute atomic E-state index is 0.0122. The van der Waals surface area contributed by atoms with Crippen LogP contribution in [0.2, 0.25) is 0 Å². The molecule has 56 heavy (non-hydrogen) atoms. The first kappa shape index (κ1) is 46.8. The molecule has 19 nitrogen and oxygen atoms in total. The number of amides is 8. The molecule has 1 aromatic carbocycles. The number of carbonyl (C=O) groups excluding carboxylic acids is 8. The lowest BCUT2D eigenvalue weighted by Crippen LogP contribution is -2.59. The van der Waals surface area contributed by atoms with Crippen molar-refractivity contribution in [1.82, 2.24) is 26.2 Å². The molecule has 1 aromatic rings. The molecule has 0 spiro atoms. The van der Waals surface area contributed by atoms with Crippen LogP contribution in [-0.2, 0) is 55.0 Å². The number of nitrogens with one attached hydrogen (secondary N) is 5. The van der Waals surface area contributed by atoms with Crippen LogP contribution in [0.1, 0.15) is 78.7 Å². The number of carbonyl (C=O) groups is 8. The number of hydrogen-bond donors (Lipinski definition) is 7. The van der Waals surface area contributed by atoms with Crippen molar-refractivity contribution in [3.63, 3.8) is 0 Å². The lowest BCUT2D eigenvalue weighted by Gasteiger charge is -2.27. The molecule has 2 rings (SSSR count). The number of anilines is 1. The highest BCUT2D eigenvalue weighted by molar-refractivity contribution is 7.85. The standard InChI is InChI=1S/C36H53N7O12S/c1-22(2)30(42-32(48)26(21-56(52,53)54)40-27(44)11-7-6-8-19-43-28(45)16-17-29(43)46)33(49)41-25(10-9-18-38-35(37)51)31(47)39-24-14-12-23(13-15-24)20-55-34(50)36(3,4)5/h12-17,22,25-26,30H,6-11,18-21H2,1-5H3,(H,39,47)(H,40,44)(H,41,49)(H,42,48)(H3,37,38,51)(H,52,53,54)/t25-,26-,30?/m0/s1. The number of urea groups is 1. The molecule has 1 aliphatic heterocycles. The summed E-state index contributed by atoms with van der Waals surface area (Å²) < 4.78 is 38.4. The van der Waals surface area contributed by atoms with Gasteiger partial charge in [0.2, 0.25) is 23.6 Å². The molecule has 1 heterocycles. The fourth-order valence-corrected chi connectivity index (χ4v) is 5.82. The van der Waals surface area contributed by atoms with Gasteiger partial charge in [-0.05, 0) is 70.1 Å². The lowest BCUT2D eigenvalue weighted by molar-refractivity contribution is -0.154. The van der Waals surface area contributed by atoms with E-state index in [9.17, 15) is 51.3 Å². The van der Waals surface area contributed by atoms with Gasteiger partial charge in [-0.1, -0.05) is 32.4 Å². The molecule has 3 atom stereocenters. The first-order valence-electron chi connectivity index (χ1n) is 18.1. The summed E-state index contributed by atoms with van der Waals surface area (Å²) in [7, 11) is -4.80. The summed E-state index contributed by atoms with van der Waals surface area (Å²) in [6, 6.07) is 1.30. The number of hydrogen-bond acceptors (Lipinski definition) is 11. The SMILES string of the molecule is CC(C)C(NC(=O)[C@H](CS(=O)(=O)O)NC(=O)CCCCCN1C(=O)C=CC1=O)C(=O)N[C@@H](CCCNC(N)=O)C(=O)Nc1ccc(COC(=O)C(C)(C)C)cc1. The van der Waals surface area contributed by atoms with Crippen molar-refractivity contribution < 1.29 is 56.1 Å². The average Bonchev–Trinajstić information content (AvgIpc) is 3.41. The van der Waals surface area contributed by atoms with Gasteiger partial charge in [-0.2, -0.15) is 8.42 Å². The van der Waals surface area contributed by atoms with Crippen molar-refractivity contribution in [2.75, 3.05) is 24.2 Å². The van der Waals surface area contributed by atoms with Crippen LogP contribution in [0.15, 0.2) is 36.4 Å². The second-order valence-electron chi connectivity index (χ2n) is 14.6.